The fourth-order valence-electron chi connectivity index (χ4n) is 3.87. The Morgan fingerprint density at radius 1 is 0.812 bits per heavy atom. The zero-order chi connectivity index (χ0) is 22.0. The number of piperazine rings is 1. The second-order valence-corrected chi connectivity index (χ2v) is 8.08. The van der Waals surface area contributed by atoms with Crippen molar-refractivity contribution >= 4 is 6.08 Å². The molecule has 0 saturated carbocycles. The number of ether oxygens (including phenoxy) is 2. The third-order valence-corrected chi connectivity index (χ3v) is 5.82. The first-order chi connectivity index (χ1) is 15.8. The lowest BCUT2D eigenvalue weighted by Crippen LogP contribution is -2.50. The summed E-state index contributed by atoms with van der Waals surface area (Å²) >= 11 is 0. The van der Waals surface area contributed by atoms with Crippen LogP contribution in [0, 0.1) is 0 Å². The molecule has 1 fully saturated rings. The van der Waals surface area contributed by atoms with E-state index in [9.17, 15) is 0 Å². The van der Waals surface area contributed by atoms with Crippen molar-refractivity contribution in [1.29, 1.82) is 0 Å². The highest BCUT2D eigenvalue weighted by molar-refractivity contribution is 5.48. The number of hydrogen-bond donors (Lipinski definition) is 0. The Balaban J connectivity index is 1.23. The van der Waals surface area contributed by atoms with Crippen molar-refractivity contribution in [2.45, 2.75) is 19.8 Å². The summed E-state index contributed by atoms with van der Waals surface area (Å²) < 4.78 is 12.3. The summed E-state index contributed by atoms with van der Waals surface area (Å²) in [6.45, 7) is 7.81. The van der Waals surface area contributed by atoms with E-state index in [1.807, 2.05) is 48.5 Å². The van der Waals surface area contributed by atoms with Gasteiger partial charge in [-0.2, -0.15) is 0 Å². The van der Waals surface area contributed by atoms with E-state index in [0.717, 1.165) is 49.8 Å². The number of benzene rings is 3. The fraction of sp³-hybridized carbons (Fsp3) is 0.286. The van der Waals surface area contributed by atoms with Crippen LogP contribution in [0.2, 0.25) is 0 Å². The van der Waals surface area contributed by atoms with Gasteiger partial charge in [-0.3, -0.25) is 9.80 Å². The quantitative estimate of drug-likeness (QED) is 0.438. The van der Waals surface area contributed by atoms with Gasteiger partial charge in [0.1, 0.15) is 17.7 Å². The molecular weight excluding hydrogens is 396 g/mol. The van der Waals surface area contributed by atoms with Crippen LogP contribution in [-0.2, 0) is 11.3 Å². The molecule has 0 spiro atoms. The molecule has 4 nitrogen and oxygen atoms in total. The molecule has 0 aliphatic carbocycles. The number of para-hydroxylation sites is 2. The molecule has 0 bridgehead atoms. The zero-order valence-corrected chi connectivity index (χ0v) is 18.8. The van der Waals surface area contributed by atoms with E-state index in [1.54, 1.807) is 0 Å². The molecule has 1 heterocycles. The maximum Gasteiger partial charge on any atom is 0.132 e. The van der Waals surface area contributed by atoms with Crippen LogP contribution in [-0.4, -0.2) is 48.8 Å². The van der Waals surface area contributed by atoms with Crippen molar-refractivity contribution < 1.29 is 9.47 Å². The lowest BCUT2D eigenvalue weighted by Gasteiger charge is -2.37. The van der Waals surface area contributed by atoms with Crippen molar-refractivity contribution in [3.63, 3.8) is 0 Å². The monoisotopic (exact) mass is 428 g/mol. The summed E-state index contributed by atoms with van der Waals surface area (Å²) in [5.41, 5.74) is 2.32. The van der Waals surface area contributed by atoms with Crippen LogP contribution in [0.5, 0.6) is 11.5 Å². The van der Waals surface area contributed by atoms with Gasteiger partial charge >= 0.3 is 0 Å². The summed E-state index contributed by atoms with van der Waals surface area (Å²) in [6, 6.07) is 28.5. The minimum atomic E-state index is 0.0711. The average molecular weight is 429 g/mol. The van der Waals surface area contributed by atoms with E-state index in [4.69, 9.17) is 9.47 Å². The largest absolute Gasteiger partial charge is 0.457 e. The topological polar surface area (TPSA) is 24.9 Å². The van der Waals surface area contributed by atoms with Crippen LogP contribution >= 0.6 is 0 Å². The molecule has 4 heteroatoms. The standard InChI is InChI=1S/C28H32N2O2/c1-24(30-21-19-29(20-22-30)18-10-13-25-11-4-2-5-12-25)31-23-26-14-8-9-17-28(26)32-27-15-6-3-7-16-27/h2-17,24H,18-23H2,1H3/b13-10+. The molecular formula is C28H32N2O2. The molecule has 1 aliphatic rings. The first kappa shape index (κ1) is 22.3. The molecule has 0 radical (unpaired) electrons. The summed E-state index contributed by atoms with van der Waals surface area (Å²) in [6.07, 6.45) is 4.53. The summed E-state index contributed by atoms with van der Waals surface area (Å²) in [5.74, 6) is 1.69. The van der Waals surface area contributed by atoms with Gasteiger partial charge in [0.05, 0.1) is 6.61 Å². The Morgan fingerprint density at radius 2 is 1.47 bits per heavy atom. The molecule has 1 aliphatic heterocycles. The van der Waals surface area contributed by atoms with E-state index in [1.165, 1.54) is 5.56 Å². The van der Waals surface area contributed by atoms with Crippen molar-refractivity contribution in [2.24, 2.45) is 0 Å². The van der Waals surface area contributed by atoms with Gasteiger partial charge < -0.3 is 9.47 Å². The van der Waals surface area contributed by atoms with Crippen LogP contribution in [0.15, 0.2) is 91.0 Å². The lowest BCUT2D eigenvalue weighted by molar-refractivity contribution is -0.0723. The van der Waals surface area contributed by atoms with E-state index < -0.39 is 0 Å². The molecule has 32 heavy (non-hydrogen) atoms. The van der Waals surface area contributed by atoms with Gasteiger partial charge in [0, 0.05) is 38.3 Å². The predicted molar refractivity (Wildman–Crippen MR) is 131 cm³/mol. The first-order valence-corrected chi connectivity index (χ1v) is 11.4. The number of hydrogen-bond acceptors (Lipinski definition) is 4. The zero-order valence-electron chi connectivity index (χ0n) is 18.8. The van der Waals surface area contributed by atoms with Gasteiger partial charge in [-0.25, -0.2) is 0 Å². The van der Waals surface area contributed by atoms with Crippen molar-refractivity contribution in [1.82, 2.24) is 9.80 Å². The smallest absolute Gasteiger partial charge is 0.132 e. The van der Waals surface area contributed by atoms with E-state index in [-0.39, 0.29) is 6.23 Å². The van der Waals surface area contributed by atoms with Crippen LogP contribution < -0.4 is 4.74 Å². The molecule has 4 rings (SSSR count). The lowest BCUT2D eigenvalue weighted by atomic mass is 10.2. The predicted octanol–water partition coefficient (Wildman–Crippen LogP) is 5.67. The van der Waals surface area contributed by atoms with Crippen LogP contribution in [0.3, 0.4) is 0 Å². The number of rotatable bonds is 9. The maximum absolute atomic E-state index is 6.23. The fourth-order valence-corrected chi connectivity index (χ4v) is 3.87. The van der Waals surface area contributed by atoms with Crippen LogP contribution in [0.1, 0.15) is 18.1 Å². The minimum absolute atomic E-state index is 0.0711. The summed E-state index contributed by atoms with van der Waals surface area (Å²) in [5, 5.41) is 0. The van der Waals surface area contributed by atoms with Crippen LogP contribution in [0.25, 0.3) is 6.08 Å². The minimum Gasteiger partial charge on any atom is -0.457 e. The Kier molecular flexibility index (Phi) is 8.10. The highest BCUT2D eigenvalue weighted by Gasteiger charge is 2.21. The van der Waals surface area contributed by atoms with Crippen molar-refractivity contribution in [3.8, 4) is 11.5 Å². The SMILES string of the molecule is CC(OCc1ccccc1Oc1ccccc1)N1CCN(C/C=C/c2ccccc2)CC1. The average Bonchev–Trinajstić information content (AvgIpc) is 2.85. The highest BCUT2D eigenvalue weighted by atomic mass is 16.5. The molecule has 3 aromatic carbocycles. The summed E-state index contributed by atoms with van der Waals surface area (Å²) in [4.78, 5) is 4.91. The molecule has 3 aromatic rings. The molecule has 1 unspecified atom stereocenters. The Hall–Kier alpha value is -2.92. The third-order valence-electron chi connectivity index (χ3n) is 5.82. The second-order valence-electron chi connectivity index (χ2n) is 8.08. The maximum atomic E-state index is 6.23. The van der Waals surface area contributed by atoms with Crippen molar-refractivity contribution in [3.05, 3.63) is 102 Å². The number of nitrogens with zero attached hydrogens (tertiary/aromatic N) is 2. The Morgan fingerprint density at radius 3 is 2.22 bits per heavy atom. The van der Waals surface area contributed by atoms with Gasteiger partial charge in [0.15, 0.2) is 0 Å². The molecule has 1 saturated heterocycles. The van der Waals surface area contributed by atoms with Gasteiger partial charge in [-0.1, -0.05) is 78.9 Å². The Labute approximate surface area is 191 Å². The van der Waals surface area contributed by atoms with Gasteiger partial charge in [0.25, 0.3) is 0 Å². The van der Waals surface area contributed by atoms with Crippen molar-refractivity contribution in [2.75, 3.05) is 32.7 Å². The van der Waals surface area contributed by atoms with E-state index in [2.05, 4.69) is 65.3 Å². The van der Waals surface area contributed by atoms with Gasteiger partial charge in [-0.15, -0.1) is 0 Å². The normalized spacial score (nSPS) is 16.3. The van der Waals surface area contributed by atoms with Gasteiger partial charge in [0.2, 0.25) is 0 Å². The first-order valence-electron chi connectivity index (χ1n) is 11.4. The van der Waals surface area contributed by atoms with Crippen LogP contribution in [0.4, 0.5) is 0 Å². The Bertz CT molecular complexity index is 967. The van der Waals surface area contributed by atoms with E-state index >= 15 is 0 Å². The molecule has 166 valence electrons. The molecule has 0 aromatic heterocycles. The van der Waals surface area contributed by atoms with Gasteiger partial charge in [-0.05, 0) is 30.7 Å². The third kappa shape index (κ3) is 6.54. The molecule has 0 N–H and O–H groups in total. The summed E-state index contributed by atoms with van der Waals surface area (Å²) in [7, 11) is 0. The second kappa shape index (κ2) is 11.6. The highest BCUT2D eigenvalue weighted by Crippen LogP contribution is 2.26. The molecule has 1 atom stereocenters. The van der Waals surface area contributed by atoms with E-state index in [0.29, 0.717) is 6.61 Å². The molecule has 0 amide bonds.